The lowest BCUT2D eigenvalue weighted by Gasteiger charge is -2.14. The summed E-state index contributed by atoms with van der Waals surface area (Å²) in [6.07, 6.45) is 3.67. The van der Waals surface area contributed by atoms with Crippen molar-refractivity contribution in [1.29, 1.82) is 0 Å². The third-order valence-electron chi connectivity index (χ3n) is 3.61. The maximum Gasteiger partial charge on any atom is 0.260 e. The molecule has 0 radical (unpaired) electrons. The fourth-order valence-electron chi connectivity index (χ4n) is 2.41. The van der Waals surface area contributed by atoms with Gasteiger partial charge in [0.15, 0.2) is 17.3 Å². The topological polar surface area (TPSA) is 94.9 Å². The molecule has 1 amide bonds. The number of nitrogens with one attached hydrogen (secondary N) is 1. The first-order valence-electron chi connectivity index (χ1n) is 7.15. The van der Waals surface area contributed by atoms with Crippen LogP contribution in [0.5, 0.6) is 17.2 Å². The zero-order valence-corrected chi connectivity index (χ0v) is 13.5. The summed E-state index contributed by atoms with van der Waals surface area (Å²) in [7, 11) is 4.50. The average molecular weight is 328 g/mol. The highest BCUT2D eigenvalue weighted by Crippen LogP contribution is 2.35. The van der Waals surface area contributed by atoms with Crippen molar-refractivity contribution in [3.05, 3.63) is 29.6 Å². The largest absolute Gasteiger partial charge is 0.496 e. The molecule has 0 fully saturated rings. The molecule has 0 atom stereocenters. The van der Waals surface area contributed by atoms with Gasteiger partial charge < -0.3 is 19.5 Å². The standard InChI is InChI=1S/C16H16N4O4/c1-22-11-7-13(24-3)12(23-2)6-10(11)16(21)20-15-9-4-5-17-14(9)18-8-19-15/h5-8H,4H2,1-3H3,(H,18,19,20,21). The quantitative estimate of drug-likeness (QED) is 0.902. The van der Waals surface area contributed by atoms with Crippen molar-refractivity contribution in [2.45, 2.75) is 6.42 Å². The smallest absolute Gasteiger partial charge is 0.260 e. The van der Waals surface area contributed by atoms with Gasteiger partial charge in [-0.25, -0.2) is 15.0 Å². The highest BCUT2D eigenvalue weighted by molar-refractivity contribution is 6.07. The number of ether oxygens (including phenoxy) is 3. The molecule has 0 bridgehead atoms. The molecular formula is C16H16N4O4. The summed E-state index contributed by atoms with van der Waals surface area (Å²) in [6, 6.07) is 3.16. The molecule has 0 aliphatic carbocycles. The van der Waals surface area contributed by atoms with Crippen molar-refractivity contribution in [3.8, 4) is 17.2 Å². The van der Waals surface area contributed by atoms with Crippen LogP contribution in [0.2, 0.25) is 0 Å². The Bertz CT molecular complexity index is 820. The number of carbonyl (C=O) groups is 1. The Morgan fingerprint density at radius 1 is 1.04 bits per heavy atom. The minimum absolute atomic E-state index is 0.307. The molecule has 0 spiro atoms. The van der Waals surface area contributed by atoms with Crippen LogP contribution in [-0.2, 0) is 6.42 Å². The second-order valence-corrected chi connectivity index (χ2v) is 4.90. The number of fused-ring (bicyclic) bond motifs is 1. The van der Waals surface area contributed by atoms with E-state index in [1.807, 2.05) is 0 Å². The molecule has 1 aromatic heterocycles. The number of anilines is 1. The number of benzene rings is 1. The van der Waals surface area contributed by atoms with E-state index in [9.17, 15) is 4.79 Å². The lowest BCUT2D eigenvalue weighted by molar-refractivity contribution is 0.102. The van der Waals surface area contributed by atoms with Gasteiger partial charge in [0.05, 0.1) is 26.9 Å². The van der Waals surface area contributed by atoms with Crippen molar-refractivity contribution >= 4 is 23.8 Å². The second kappa shape index (κ2) is 6.53. The lowest BCUT2D eigenvalue weighted by atomic mass is 10.1. The predicted molar refractivity (Wildman–Crippen MR) is 87.9 cm³/mol. The van der Waals surface area contributed by atoms with Crippen LogP contribution >= 0.6 is 0 Å². The van der Waals surface area contributed by atoms with E-state index in [-0.39, 0.29) is 5.91 Å². The Morgan fingerprint density at radius 2 is 1.75 bits per heavy atom. The van der Waals surface area contributed by atoms with Gasteiger partial charge in [-0.3, -0.25) is 4.79 Å². The number of hydrogen-bond acceptors (Lipinski definition) is 7. The van der Waals surface area contributed by atoms with Crippen LogP contribution in [0.3, 0.4) is 0 Å². The molecule has 2 aromatic rings. The van der Waals surface area contributed by atoms with E-state index in [0.29, 0.717) is 40.9 Å². The van der Waals surface area contributed by atoms with Gasteiger partial charge in [0, 0.05) is 30.3 Å². The third-order valence-corrected chi connectivity index (χ3v) is 3.61. The highest BCUT2D eigenvalue weighted by atomic mass is 16.5. The van der Waals surface area contributed by atoms with E-state index in [1.165, 1.54) is 27.7 Å². The van der Waals surface area contributed by atoms with Crippen molar-refractivity contribution in [1.82, 2.24) is 9.97 Å². The average Bonchev–Trinajstić information content (AvgIpc) is 3.10. The number of carbonyl (C=O) groups excluding carboxylic acids is 1. The van der Waals surface area contributed by atoms with Gasteiger partial charge in [-0.05, 0) is 0 Å². The number of hydrogen-bond donors (Lipinski definition) is 1. The first-order chi connectivity index (χ1) is 11.7. The zero-order chi connectivity index (χ0) is 17.1. The zero-order valence-electron chi connectivity index (χ0n) is 13.5. The Hall–Kier alpha value is -3.16. The van der Waals surface area contributed by atoms with Crippen molar-refractivity contribution in [2.75, 3.05) is 26.6 Å². The molecular weight excluding hydrogens is 312 g/mol. The first kappa shape index (κ1) is 15.7. The SMILES string of the molecule is COc1cc(OC)c(C(=O)Nc2ncnc3c2CC=N3)cc1OC. The van der Waals surface area contributed by atoms with Crippen LogP contribution in [0.25, 0.3) is 0 Å². The molecule has 124 valence electrons. The van der Waals surface area contributed by atoms with Crippen LogP contribution in [0.4, 0.5) is 11.6 Å². The molecule has 1 aromatic carbocycles. The fourth-order valence-corrected chi connectivity index (χ4v) is 2.41. The molecule has 2 heterocycles. The van der Waals surface area contributed by atoms with E-state index < -0.39 is 0 Å². The van der Waals surface area contributed by atoms with Crippen LogP contribution in [0.1, 0.15) is 15.9 Å². The van der Waals surface area contributed by atoms with Gasteiger partial charge in [-0.1, -0.05) is 0 Å². The summed E-state index contributed by atoms with van der Waals surface area (Å²) >= 11 is 0. The number of aromatic nitrogens is 2. The monoisotopic (exact) mass is 328 g/mol. The predicted octanol–water partition coefficient (Wildman–Crippen LogP) is 2.01. The molecule has 3 rings (SSSR count). The van der Waals surface area contributed by atoms with E-state index in [1.54, 1.807) is 18.3 Å². The van der Waals surface area contributed by atoms with Gasteiger partial charge in [0.25, 0.3) is 5.91 Å². The maximum absolute atomic E-state index is 12.7. The van der Waals surface area contributed by atoms with Crippen molar-refractivity contribution in [2.24, 2.45) is 4.99 Å². The summed E-state index contributed by atoms with van der Waals surface area (Å²) in [5.41, 5.74) is 1.09. The van der Waals surface area contributed by atoms with E-state index in [2.05, 4.69) is 20.3 Å². The molecule has 1 N–H and O–H groups in total. The lowest BCUT2D eigenvalue weighted by Crippen LogP contribution is -2.16. The maximum atomic E-state index is 12.7. The van der Waals surface area contributed by atoms with E-state index in [0.717, 1.165) is 5.56 Å². The second-order valence-electron chi connectivity index (χ2n) is 4.90. The van der Waals surface area contributed by atoms with Gasteiger partial charge >= 0.3 is 0 Å². The van der Waals surface area contributed by atoms with Crippen molar-refractivity contribution in [3.63, 3.8) is 0 Å². The van der Waals surface area contributed by atoms with E-state index in [4.69, 9.17) is 14.2 Å². The minimum atomic E-state index is -0.374. The molecule has 8 nitrogen and oxygen atoms in total. The summed E-state index contributed by atoms with van der Waals surface area (Å²) in [5.74, 6) is 1.90. The summed E-state index contributed by atoms with van der Waals surface area (Å²) < 4.78 is 15.7. The highest BCUT2D eigenvalue weighted by Gasteiger charge is 2.21. The Labute approximate surface area is 138 Å². The van der Waals surface area contributed by atoms with Gasteiger partial charge in [0.1, 0.15) is 17.9 Å². The Kier molecular flexibility index (Phi) is 4.28. The summed E-state index contributed by atoms with van der Waals surface area (Å²) in [6.45, 7) is 0. The molecule has 0 saturated carbocycles. The van der Waals surface area contributed by atoms with Gasteiger partial charge in [-0.15, -0.1) is 0 Å². The normalized spacial score (nSPS) is 11.8. The number of rotatable bonds is 5. The van der Waals surface area contributed by atoms with Crippen LogP contribution in [-0.4, -0.2) is 43.4 Å². The number of amides is 1. The summed E-state index contributed by atoms with van der Waals surface area (Å²) in [5, 5.41) is 2.78. The van der Waals surface area contributed by atoms with Crippen molar-refractivity contribution < 1.29 is 19.0 Å². The van der Waals surface area contributed by atoms with Gasteiger partial charge in [0.2, 0.25) is 0 Å². The fraction of sp³-hybridized carbons (Fsp3) is 0.250. The number of methoxy groups -OCH3 is 3. The van der Waals surface area contributed by atoms with Gasteiger partial charge in [-0.2, -0.15) is 0 Å². The van der Waals surface area contributed by atoms with Crippen LogP contribution in [0.15, 0.2) is 23.5 Å². The molecule has 1 aliphatic rings. The number of nitrogens with zero attached hydrogens (tertiary/aromatic N) is 3. The Balaban J connectivity index is 1.94. The van der Waals surface area contributed by atoms with E-state index >= 15 is 0 Å². The molecule has 1 aliphatic heterocycles. The van der Waals surface area contributed by atoms with Crippen LogP contribution in [0, 0.1) is 0 Å². The third kappa shape index (κ3) is 2.73. The molecule has 24 heavy (non-hydrogen) atoms. The molecule has 0 unspecified atom stereocenters. The summed E-state index contributed by atoms with van der Waals surface area (Å²) in [4.78, 5) is 25.0. The molecule has 8 heteroatoms. The van der Waals surface area contributed by atoms with Crippen LogP contribution < -0.4 is 19.5 Å². The first-order valence-corrected chi connectivity index (χ1v) is 7.15. The molecule has 0 saturated heterocycles. The Morgan fingerprint density at radius 3 is 2.46 bits per heavy atom. The minimum Gasteiger partial charge on any atom is -0.496 e. The number of aliphatic imine (C=N–C) groups is 1.